The molecule has 374 valence electrons. The molecule has 3 saturated heterocycles. The molecule has 5 aromatic carbocycles. The van der Waals surface area contributed by atoms with E-state index in [4.69, 9.17) is 11.6 Å². The minimum absolute atomic E-state index is 0. The van der Waals surface area contributed by atoms with Crippen molar-refractivity contribution in [2.24, 2.45) is 0 Å². The molecule has 15 heteroatoms. The number of piperazine rings is 3. The lowest BCUT2D eigenvalue weighted by atomic mass is 10.1. The molecule has 0 spiro atoms. The van der Waals surface area contributed by atoms with Crippen LogP contribution in [0.15, 0.2) is 182 Å². The third kappa shape index (κ3) is 13.5. The van der Waals surface area contributed by atoms with E-state index in [-0.39, 0.29) is 26.7 Å². The fourth-order valence-corrected chi connectivity index (χ4v) is 9.04. The summed E-state index contributed by atoms with van der Waals surface area (Å²) in [5, 5.41) is 28.8. The van der Waals surface area contributed by atoms with E-state index in [1.54, 1.807) is 12.4 Å². The van der Waals surface area contributed by atoms with Crippen LogP contribution in [0.25, 0.3) is 33.8 Å². The molecular weight excluding hydrogens is 932 g/mol. The summed E-state index contributed by atoms with van der Waals surface area (Å²) in [5.41, 5.74) is 10.5. The van der Waals surface area contributed by atoms with Gasteiger partial charge in [0.05, 0.1) is 29.5 Å². The van der Waals surface area contributed by atoms with Crippen molar-refractivity contribution in [1.29, 1.82) is 0 Å². The lowest BCUT2D eigenvalue weighted by Crippen LogP contribution is -2.49. The Morgan fingerprint density at radius 1 is 0.397 bits per heavy atom. The predicted molar refractivity (Wildman–Crippen MR) is 295 cm³/mol. The van der Waals surface area contributed by atoms with E-state index in [1.807, 2.05) is 161 Å². The first-order chi connectivity index (χ1) is 35.0. The van der Waals surface area contributed by atoms with Crippen molar-refractivity contribution in [1.82, 2.24) is 45.7 Å². The summed E-state index contributed by atoms with van der Waals surface area (Å²) in [5.74, 6) is 0.172. The summed E-state index contributed by atoms with van der Waals surface area (Å²) < 4.78 is 0. The molecule has 1 N–H and O–H groups in total. The van der Waals surface area contributed by atoms with Crippen LogP contribution in [-0.4, -0.2) is 131 Å². The minimum atomic E-state index is 0. The molecule has 3 aromatic heterocycles. The van der Waals surface area contributed by atoms with Crippen LogP contribution in [0.2, 0.25) is 5.15 Å². The maximum absolute atomic E-state index is 12.6. The fourth-order valence-electron chi connectivity index (χ4n) is 8.90. The highest BCUT2D eigenvalue weighted by atomic mass is 35.5. The molecule has 0 radical (unpaired) electrons. The number of hydrogen-bond acceptors (Lipinski definition) is 12. The van der Waals surface area contributed by atoms with Crippen LogP contribution in [0.3, 0.4) is 0 Å². The Hall–Kier alpha value is -8.07. The SMILES string of the molecule is C.C.O=C(c1ccccc1)N1CCN(c2cc(Cl)nnc2-c2ccccc2)CC1.O=C(c1ccccc1)N1CCN(c2ccnnc2-c2ccccc2)CC1.c1ccc(-c2nnccc2N2CCNCC2)cc1. The van der Waals surface area contributed by atoms with Crippen LogP contribution in [0.1, 0.15) is 35.6 Å². The van der Waals surface area contributed by atoms with Gasteiger partial charge in [0.25, 0.3) is 11.8 Å². The van der Waals surface area contributed by atoms with Gasteiger partial charge in [-0.1, -0.05) is 154 Å². The number of amides is 2. The van der Waals surface area contributed by atoms with Crippen LogP contribution in [0.5, 0.6) is 0 Å². The quantitative estimate of drug-likeness (QED) is 0.155. The molecule has 0 saturated carbocycles. The Bertz CT molecular complexity index is 2940. The number of hydrogen-bond donors (Lipinski definition) is 1. The Morgan fingerprint density at radius 2 is 0.740 bits per heavy atom. The van der Waals surface area contributed by atoms with Gasteiger partial charge in [0.15, 0.2) is 5.15 Å². The van der Waals surface area contributed by atoms with Gasteiger partial charge in [0.1, 0.15) is 17.1 Å². The maximum Gasteiger partial charge on any atom is 0.253 e. The number of carbonyl (C=O) groups is 2. The molecule has 3 fully saturated rings. The highest BCUT2D eigenvalue weighted by Crippen LogP contribution is 2.32. The first-order valence-corrected chi connectivity index (χ1v) is 24.3. The van der Waals surface area contributed by atoms with Crippen molar-refractivity contribution in [3.05, 3.63) is 199 Å². The number of anilines is 3. The second-order valence-corrected chi connectivity index (χ2v) is 17.4. The zero-order valence-corrected chi connectivity index (χ0v) is 40.2. The van der Waals surface area contributed by atoms with Gasteiger partial charge in [-0.3, -0.25) is 9.59 Å². The summed E-state index contributed by atoms with van der Waals surface area (Å²) in [7, 11) is 0. The van der Waals surface area contributed by atoms with E-state index in [2.05, 4.69) is 68.8 Å². The largest absolute Gasteiger partial charge is 0.367 e. The normalized spacial score (nSPS) is 14.2. The third-order valence-corrected chi connectivity index (χ3v) is 12.8. The molecule has 0 atom stereocenters. The smallest absolute Gasteiger partial charge is 0.253 e. The fraction of sp³-hybridized carbons (Fsp3) is 0.241. The van der Waals surface area contributed by atoms with Crippen molar-refractivity contribution in [2.45, 2.75) is 14.9 Å². The highest BCUT2D eigenvalue weighted by Gasteiger charge is 2.26. The monoisotopic (exact) mass is 994 g/mol. The van der Waals surface area contributed by atoms with Gasteiger partial charge >= 0.3 is 0 Å². The molecular formula is C58H63ClN12O2. The molecule has 11 rings (SSSR count). The molecule has 2 amide bonds. The number of carbonyl (C=O) groups excluding carboxylic acids is 2. The molecule has 0 aliphatic carbocycles. The van der Waals surface area contributed by atoms with E-state index in [9.17, 15) is 9.59 Å². The van der Waals surface area contributed by atoms with Gasteiger partial charge < -0.3 is 29.8 Å². The van der Waals surface area contributed by atoms with Gasteiger partial charge in [0, 0.05) is 112 Å². The van der Waals surface area contributed by atoms with E-state index in [0.29, 0.717) is 31.3 Å². The summed E-state index contributed by atoms with van der Waals surface area (Å²) >= 11 is 6.12. The average molecular weight is 996 g/mol. The van der Waals surface area contributed by atoms with Gasteiger partial charge in [-0.2, -0.15) is 10.2 Å². The van der Waals surface area contributed by atoms with Gasteiger partial charge in [-0.15, -0.1) is 20.4 Å². The second-order valence-electron chi connectivity index (χ2n) is 17.1. The van der Waals surface area contributed by atoms with Crippen molar-refractivity contribution in [3.63, 3.8) is 0 Å². The number of rotatable bonds is 8. The van der Waals surface area contributed by atoms with E-state index >= 15 is 0 Å². The molecule has 3 aliphatic rings. The molecule has 6 heterocycles. The summed E-state index contributed by atoms with van der Waals surface area (Å²) in [6, 6.07) is 55.1. The first kappa shape index (κ1) is 52.7. The lowest BCUT2D eigenvalue weighted by molar-refractivity contribution is 0.0739. The standard InChI is InChI=1S/C21H19ClN4O.C21H20N4O.C14H16N4.2CH4/c22-19-15-18(20(24-23-19)16-7-3-1-4-8-16)25-11-13-26(14-12-25)21(27)17-9-5-2-6-10-17;26-21(18-9-5-2-6-10-18)25-15-13-24(14-16-25)19-11-12-22-23-20(19)17-7-3-1-4-8-17;1-2-4-12(5-3-1)14-13(6-7-16-17-14)18-10-8-15-9-11-18;;/h1-10,15H,11-14H2;1-12H,13-16H2;1-7,15H,8-11H2;2*1H4. The Morgan fingerprint density at radius 3 is 1.14 bits per heavy atom. The first-order valence-electron chi connectivity index (χ1n) is 24.0. The lowest BCUT2D eigenvalue weighted by Gasteiger charge is -2.36. The number of aromatic nitrogens is 6. The third-order valence-electron chi connectivity index (χ3n) is 12.6. The summed E-state index contributed by atoms with van der Waals surface area (Å²) in [6.07, 6.45) is 3.49. The van der Waals surface area contributed by atoms with Crippen LogP contribution in [0, 0.1) is 0 Å². The van der Waals surface area contributed by atoms with Crippen molar-refractivity contribution >= 4 is 40.5 Å². The zero-order valence-electron chi connectivity index (χ0n) is 39.4. The predicted octanol–water partition coefficient (Wildman–Crippen LogP) is 9.69. The number of halogens is 1. The van der Waals surface area contributed by atoms with Crippen LogP contribution >= 0.6 is 11.6 Å². The number of nitrogens with one attached hydrogen (secondary N) is 1. The zero-order chi connectivity index (χ0) is 48.6. The van der Waals surface area contributed by atoms with E-state index in [0.717, 1.165) is 109 Å². The van der Waals surface area contributed by atoms with E-state index < -0.39 is 0 Å². The van der Waals surface area contributed by atoms with Gasteiger partial charge in [0.2, 0.25) is 0 Å². The minimum Gasteiger partial charge on any atom is -0.367 e. The van der Waals surface area contributed by atoms with Crippen molar-refractivity contribution in [3.8, 4) is 33.8 Å². The molecule has 3 aliphatic heterocycles. The second kappa shape index (κ2) is 26.4. The van der Waals surface area contributed by atoms with Crippen LogP contribution in [-0.2, 0) is 0 Å². The average Bonchev–Trinajstić information content (AvgIpc) is 3.46. The van der Waals surface area contributed by atoms with Gasteiger partial charge in [-0.05, 0) is 36.4 Å². The molecule has 8 aromatic rings. The topological polar surface area (TPSA) is 140 Å². The van der Waals surface area contributed by atoms with Crippen molar-refractivity contribution < 1.29 is 9.59 Å². The maximum atomic E-state index is 12.6. The molecule has 0 unspecified atom stereocenters. The summed E-state index contributed by atoms with van der Waals surface area (Å²) in [6.45, 7) is 9.80. The van der Waals surface area contributed by atoms with Gasteiger partial charge in [-0.25, -0.2) is 0 Å². The molecule has 73 heavy (non-hydrogen) atoms. The summed E-state index contributed by atoms with van der Waals surface area (Å²) in [4.78, 5) is 36.0. The molecule has 14 nitrogen and oxygen atoms in total. The van der Waals surface area contributed by atoms with Crippen LogP contribution in [0.4, 0.5) is 17.1 Å². The number of benzene rings is 5. The van der Waals surface area contributed by atoms with Crippen molar-refractivity contribution in [2.75, 3.05) is 93.2 Å². The van der Waals surface area contributed by atoms with Crippen LogP contribution < -0.4 is 20.0 Å². The van der Waals surface area contributed by atoms with E-state index in [1.165, 1.54) is 5.69 Å². The Labute approximate surface area is 434 Å². The Balaban J connectivity index is 0.000000161. The highest BCUT2D eigenvalue weighted by molar-refractivity contribution is 6.29. The Kier molecular flexibility index (Phi) is 19.1. The number of nitrogens with zero attached hydrogens (tertiary/aromatic N) is 11. The molecule has 0 bridgehead atoms.